The molecule has 200 valence electrons. The Morgan fingerprint density at radius 1 is 1.05 bits per heavy atom. The third-order valence-corrected chi connectivity index (χ3v) is 7.05. The van der Waals surface area contributed by atoms with Gasteiger partial charge in [0.25, 0.3) is 0 Å². The standard InChI is InChI=1S/C30H39FN2O4/c1-21(2)20-36-26-10-6-22(7-11-26)18-33-19-23-8-9-25(31)16-24(23)17-30(27(33)34)12-14-32(15-13-30)28(35)37-29(3,4)5/h6-11,16,21H,12-15,17-20H2,1-5H3. The Kier molecular flexibility index (Phi) is 7.81. The molecule has 6 nitrogen and oxygen atoms in total. The van der Waals surface area contributed by atoms with Crippen molar-refractivity contribution in [3.05, 3.63) is 65.0 Å². The lowest BCUT2D eigenvalue weighted by Gasteiger charge is -2.42. The molecule has 2 aliphatic heterocycles. The molecule has 0 unspecified atom stereocenters. The predicted octanol–water partition coefficient (Wildman–Crippen LogP) is 5.96. The molecule has 7 heteroatoms. The number of carbonyl (C=O) groups is 2. The lowest BCUT2D eigenvalue weighted by atomic mass is 9.73. The number of rotatable bonds is 5. The molecule has 37 heavy (non-hydrogen) atoms. The number of halogens is 1. The van der Waals surface area contributed by atoms with E-state index in [9.17, 15) is 14.0 Å². The molecule has 0 saturated carbocycles. The van der Waals surface area contributed by atoms with Crippen LogP contribution < -0.4 is 4.74 Å². The summed E-state index contributed by atoms with van der Waals surface area (Å²) in [6, 6.07) is 12.7. The van der Waals surface area contributed by atoms with E-state index in [0.717, 1.165) is 22.4 Å². The number of likely N-dealkylation sites (tertiary alicyclic amines) is 1. The van der Waals surface area contributed by atoms with Crippen molar-refractivity contribution in [2.24, 2.45) is 11.3 Å². The average Bonchev–Trinajstić information content (AvgIpc) is 2.93. The number of ether oxygens (including phenoxy) is 2. The van der Waals surface area contributed by atoms with Crippen LogP contribution >= 0.6 is 0 Å². The van der Waals surface area contributed by atoms with Crippen molar-refractivity contribution in [1.29, 1.82) is 0 Å². The minimum atomic E-state index is -0.683. The van der Waals surface area contributed by atoms with Crippen molar-refractivity contribution >= 4 is 12.0 Å². The van der Waals surface area contributed by atoms with Crippen LogP contribution in [-0.2, 0) is 29.0 Å². The van der Waals surface area contributed by atoms with Gasteiger partial charge in [-0.3, -0.25) is 4.79 Å². The first kappa shape index (κ1) is 27.0. The van der Waals surface area contributed by atoms with E-state index in [-0.39, 0.29) is 17.8 Å². The van der Waals surface area contributed by atoms with Crippen LogP contribution in [0.2, 0.25) is 0 Å². The lowest BCUT2D eigenvalue weighted by molar-refractivity contribution is -0.146. The number of piperidine rings is 1. The molecule has 0 radical (unpaired) electrons. The Bertz CT molecular complexity index is 1120. The summed E-state index contributed by atoms with van der Waals surface area (Å²) < 4.78 is 25.6. The smallest absolute Gasteiger partial charge is 0.410 e. The second-order valence-electron chi connectivity index (χ2n) is 11.8. The summed E-state index contributed by atoms with van der Waals surface area (Å²) in [4.78, 5) is 30.3. The summed E-state index contributed by atoms with van der Waals surface area (Å²) in [5.74, 6) is 1.02. The van der Waals surface area contributed by atoms with Gasteiger partial charge in [0.1, 0.15) is 17.2 Å². The molecule has 1 fully saturated rings. The highest BCUT2D eigenvalue weighted by Gasteiger charge is 2.46. The molecule has 2 amide bonds. The molecule has 0 aliphatic carbocycles. The Hall–Kier alpha value is -3.09. The quantitative estimate of drug-likeness (QED) is 0.498. The summed E-state index contributed by atoms with van der Waals surface area (Å²) in [7, 11) is 0. The van der Waals surface area contributed by atoms with Crippen molar-refractivity contribution in [1.82, 2.24) is 9.80 Å². The zero-order valence-corrected chi connectivity index (χ0v) is 22.7. The first-order valence-electron chi connectivity index (χ1n) is 13.2. The van der Waals surface area contributed by atoms with Crippen LogP contribution in [0.3, 0.4) is 0 Å². The fraction of sp³-hybridized carbons (Fsp3) is 0.533. The summed E-state index contributed by atoms with van der Waals surface area (Å²) in [5, 5.41) is 0. The minimum Gasteiger partial charge on any atom is -0.493 e. The second kappa shape index (κ2) is 10.7. The Labute approximate surface area is 219 Å². The molecule has 4 rings (SSSR count). The molecule has 0 N–H and O–H groups in total. The van der Waals surface area contributed by atoms with E-state index in [1.165, 1.54) is 6.07 Å². The fourth-order valence-corrected chi connectivity index (χ4v) is 5.10. The number of carbonyl (C=O) groups excluding carboxylic acids is 2. The van der Waals surface area contributed by atoms with Crippen molar-refractivity contribution in [3.63, 3.8) is 0 Å². The molecule has 2 heterocycles. The fourth-order valence-electron chi connectivity index (χ4n) is 5.10. The van der Waals surface area contributed by atoms with Gasteiger partial charge in [0.05, 0.1) is 12.0 Å². The molecule has 2 aromatic carbocycles. The van der Waals surface area contributed by atoms with Gasteiger partial charge < -0.3 is 19.3 Å². The molecular formula is C30H39FN2O4. The normalized spacial score (nSPS) is 17.5. The van der Waals surface area contributed by atoms with Gasteiger partial charge in [0.2, 0.25) is 5.91 Å². The van der Waals surface area contributed by atoms with E-state index in [1.54, 1.807) is 17.0 Å². The van der Waals surface area contributed by atoms with Crippen LogP contribution in [0.15, 0.2) is 42.5 Å². The van der Waals surface area contributed by atoms with E-state index < -0.39 is 11.0 Å². The Morgan fingerprint density at radius 2 is 1.73 bits per heavy atom. The molecule has 0 aromatic heterocycles. The maximum atomic E-state index is 14.2. The second-order valence-corrected chi connectivity index (χ2v) is 11.8. The zero-order valence-electron chi connectivity index (χ0n) is 22.7. The molecule has 1 saturated heterocycles. The van der Waals surface area contributed by atoms with Gasteiger partial charge in [-0.1, -0.05) is 32.0 Å². The predicted molar refractivity (Wildman–Crippen MR) is 141 cm³/mol. The van der Waals surface area contributed by atoms with Crippen LogP contribution in [0, 0.1) is 17.2 Å². The average molecular weight is 511 g/mol. The maximum absolute atomic E-state index is 14.2. The van der Waals surface area contributed by atoms with Crippen LogP contribution in [-0.4, -0.2) is 47.1 Å². The Balaban J connectivity index is 1.55. The van der Waals surface area contributed by atoms with Gasteiger partial charge in [-0.05, 0) is 86.9 Å². The molecular weight excluding hydrogens is 471 g/mol. The van der Waals surface area contributed by atoms with Crippen molar-refractivity contribution in [2.75, 3.05) is 19.7 Å². The molecule has 2 aliphatic rings. The number of benzene rings is 2. The van der Waals surface area contributed by atoms with E-state index in [4.69, 9.17) is 9.47 Å². The van der Waals surface area contributed by atoms with E-state index in [1.807, 2.05) is 49.9 Å². The van der Waals surface area contributed by atoms with E-state index in [0.29, 0.717) is 58.0 Å². The maximum Gasteiger partial charge on any atom is 0.410 e. The highest BCUT2D eigenvalue weighted by Crippen LogP contribution is 2.41. The Morgan fingerprint density at radius 3 is 2.35 bits per heavy atom. The van der Waals surface area contributed by atoms with Crippen LogP contribution in [0.5, 0.6) is 5.75 Å². The number of nitrogens with zero attached hydrogens (tertiary/aromatic N) is 2. The molecule has 2 aromatic rings. The van der Waals surface area contributed by atoms with Gasteiger partial charge in [-0.15, -0.1) is 0 Å². The summed E-state index contributed by atoms with van der Waals surface area (Å²) in [5.41, 5.74) is 1.60. The molecule has 1 spiro atoms. The largest absolute Gasteiger partial charge is 0.493 e. The van der Waals surface area contributed by atoms with Gasteiger partial charge >= 0.3 is 6.09 Å². The van der Waals surface area contributed by atoms with Crippen LogP contribution in [0.4, 0.5) is 9.18 Å². The number of hydrogen-bond acceptors (Lipinski definition) is 4. The first-order valence-corrected chi connectivity index (χ1v) is 13.2. The van der Waals surface area contributed by atoms with Crippen molar-refractivity contribution < 1.29 is 23.5 Å². The summed E-state index contributed by atoms with van der Waals surface area (Å²) in [6.07, 6.45) is 1.14. The lowest BCUT2D eigenvalue weighted by Crippen LogP contribution is -2.51. The minimum absolute atomic E-state index is 0.0630. The van der Waals surface area contributed by atoms with Crippen molar-refractivity contribution in [2.45, 2.75) is 72.6 Å². The van der Waals surface area contributed by atoms with E-state index in [2.05, 4.69) is 13.8 Å². The third kappa shape index (κ3) is 6.62. The van der Waals surface area contributed by atoms with Crippen LogP contribution in [0.25, 0.3) is 0 Å². The topological polar surface area (TPSA) is 59.1 Å². The monoisotopic (exact) mass is 510 g/mol. The zero-order chi connectivity index (χ0) is 26.8. The SMILES string of the molecule is CC(C)COc1ccc(CN2Cc3ccc(F)cc3CC3(CCN(C(=O)OC(C)(C)C)CC3)C2=O)cc1. The van der Waals surface area contributed by atoms with Gasteiger partial charge in [0, 0.05) is 26.2 Å². The number of hydrogen-bond donors (Lipinski definition) is 0. The molecule has 0 atom stereocenters. The molecule has 0 bridgehead atoms. The number of fused-ring (bicyclic) bond motifs is 1. The van der Waals surface area contributed by atoms with Gasteiger partial charge in [-0.25, -0.2) is 9.18 Å². The van der Waals surface area contributed by atoms with Crippen molar-refractivity contribution in [3.8, 4) is 5.75 Å². The first-order chi connectivity index (χ1) is 17.4. The van der Waals surface area contributed by atoms with Gasteiger partial charge in [-0.2, -0.15) is 0 Å². The summed E-state index contributed by atoms with van der Waals surface area (Å²) in [6.45, 7) is 12.2. The third-order valence-electron chi connectivity index (χ3n) is 7.05. The summed E-state index contributed by atoms with van der Waals surface area (Å²) >= 11 is 0. The highest BCUT2D eigenvalue weighted by molar-refractivity contribution is 5.84. The van der Waals surface area contributed by atoms with Gasteiger partial charge in [0.15, 0.2) is 0 Å². The van der Waals surface area contributed by atoms with Crippen LogP contribution in [0.1, 0.15) is 64.2 Å². The highest BCUT2D eigenvalue weighted by atomic mass is 19.1. The number of amides is 2. The van der Waals surface area contributed by atoms with E-state index >= 15 is 0 Å².